The maximum atomic E-state index is 13.7. The number of imide groups is 2. The minimum absolute atomic E-state index is 0.0518. The summed E-state index contributed by atoms with van der Waals surface area (Å²) in [5, 5.41) is 18.2. The van der Waals surface area contributed by atoms with E-state index in [0.29, 0.717) is 22.6 Å². The number of anilines is 2. The zero-order chi connectivity index (χ0) is 38.3. The fraction of sp³-hybridized carbons (Fsp3) is 0.314. The molecule has 2 aliphatic heterocycles. The van der Waals surface area contributed by atoms with Crippen molar-refractivity contribution in [1.29, 1.82) is 0 Å². The Balaban J connectivity index is 1.01. The summed E-state index contributed by atoms with van der Waals surface area (Å²) in [6.07, 6.45) is 2.02. The molecular formula is C35H33N11O8. The lowest BCUT2D eigenvalue weighted by molar-refractivity contribution is -0.137. The van der Waals surface area contributed by atoms with Crippen molar-refractivity contribution in [1.82, 2.24) is 44.7 Å². The van der Waals surface area contributed by atoms with Crippen molar-refractivity contribution in [2.24, 2.45) is 0 Å². The van der Waals surface area contributed by atoms with Gasteiger partial charge in [0.25, 0.3) is 11.1 Å². The number of benzene rings is 2. The van der Waals surface area contributed by atoms with E-state index in [9.17, 15) is 38.4 Å². The number of piperidine rings is 2. The first-order chi connectivity index (χ1) is 25.9. The first-order valence-corrected chi connectivity index (χ1v) is 17.1. The van der Waals surface area contributed by atoms with Crippen molar-refractivity contribution >= 4 is 68.6 Å². The van der Waals surface area contributed by atoms with Crippen LogP contribution < -0.4 is 32.4 Å². The number of aromatic nitrogens is 7. The highest BCUT2D eigenvalue weighted by Crippen LogP contribution is 2.25. The Labute approximate surface area is 304 Å². The topological polar surface area (TPSA) is 251 Å². The molecule has 54 heavy (non-hydrogen) atoms. The molecule has 19 heteroatoms. The van der Waals surface area contributed by atoms with Crippen LogP contribution in [0.1, 0.15) is 61.5 Å². The summed E-state index contributed by atoms with van der Waals surface area (Å²) in [6, 6.07) is 7.75. The molecule has 0 bridgehead atoms. The van der Waals surface area contributed by atoms with Gasteiger partial charge in [0.1, 0.15) is 30.3 Å². The SMILES string of the molecule is Cc1nc2cccc(NC(=O)CCc3cn(CC(=O)Nc4cccc5nc(C)n(C6CCC(=O)NC6=O)c(=O)c45)nn3)c2c(=O)n1C1CCC(=O)NC1=O. The largest absolute Gasteiger partial charge is 0.325 e. The molecule has 2 aliphatic rings. The fourth-order valence-electron chi connectivity index (χ4n) is 6.83. The van der Waals surface area contributed by atoms with E-state index in [0.717, 1.165) is 0 Å². The Morgan fingerprint density at radius 2 is 1.24 bits per heavy atom. The smallest absolute Gasteiger partial charge is 0.264 e. The van der Waals surface area contributed by atoms with Gasteiger partial charge in [-0.2, -0.15) is 0 Å². The predicted molar refractivity (Wildman–Crippen MR) is 190 cm³/mol. The zero-order valence-electron chi connectivity index (χ0n) is 29.0. The summed E-state index contributed by atoms with van der Waals surface area (Å²) in [5.74, 6) is -2.43. The van der Waals surface area contributed by atoms with Crippen LogP contribution in [0.3, 0.4) is 0 Å². The first kappa shape index (κ1) is 35.5. The summed E-state index contributed by atoms with van der Waals surface area (Å²) in [7, 11) is 0. The molecule has 0 radical (unpaired) electrons. The third-order valence-corrected chi connectivity index (χ3v) is 9.30. The third-order valence-electron chi connectivity index (χ3n) is 9.30. The lowest BCUT2D eigenvalue weighted by Crippen LogP contribution is -2.45. The number of hydrogen-bond donors (Lipinski definition) is 4. The Kier molecular flexibility index (Phi) is 9.36. The minimum Gasteiger partial charge on any atom is -0.325 e. The van der Waals surface area contributed by atoms with Gasteiger partial charge >= 0.3 is 0 Å². The number of nitrogens with one attached hydrogen (secondary N) is 4. The standard InChI is InChI=1S/C35H33N11O8/c1-17-36-20-5-3-7-22(30(20)34(53)45(17)24-10-13-27(48)40-32(24)51)38-26(47)12-9-19-15-44(43-42-19)16-29(50)39-23-8-4-6-21-31(23)35(54)46(18(2)37-21)25-11-14-28(49)41-33(25)52/h3-8,15,24-25H,9-14,16H2,1-2H3,(H,38,47)(H,39,50)(H,40,48,51)(H,41,49,52). The zero-order valence-corrected chi connectivity index (χ0v) is 29.0. The molecule has 2 fully saturated rings. The van der Waals surface area contributed by atoms with Crippen LogP contribution in [0.25, 0.3) is 21.8 Å². The van der Waals surface area contributed by atoms with Crippen molar-refractivity contribution in [2.75, 3.05) is 10.6 Å². The summed E-state index contributed by atoms with van der Waals surface area (Å²) < 4.78 is 3.74. The fourth-order valence-corrected chi connectivity index (χ4v) is 6.83. The second kappa shape index (κ2) is 14.2. The second-order valence-corrected chi connectivity index (χ2v) is 13.0. The molecule has 0 aliphatic carbocycles. The average molecular weight is 736 g/mol. The molecule has 5 aromatic rings. The Morgan fingerprint density at radius 1 is 0.741 bits per heavy atom. The predicted octanol–water partition coefficient (Wildman–Crippen LogP) is 0.480. The van der Waals surface area contributed by atoms with Crippen molar-refractivity contribution in [3.05, 3.63) is 80.6 Å². The van der Waals surface area contributed by atoms with Gasteiger partial charge in [-0.05, 0) is 51.0 Å². The van der Waals surface area contributed by atoms with Crippen LogP contribution in [0.5, 0.6) is 0 Å². The Hall–Kier alpha value is -6.92. The molecule has 3 aromatic heterocycles. The van der Waals surface area contributed by atoms with Gasteiger partial charge in [0.2, 0.25) is 35.4 Å². The van der Waals surface area contributed by atoms with Crippen LogP contribution in [-0.2, 0) is 41.7 Å². The van der Waals surface area contributed by atoms with E-state index in [1.807, 2.05) is 0 Å². The van der Waals surface area contributed by atoms with E-state index in [-0.39, 0.29) is 73.0 Å². The van der Waals surface area contributed by atoms with Crippen molar-refractivity contribution < 1.29 is 28.8 Å². The first-order valence-electron chi connectivity index (χ1n) is 17.1. The average Bonchev–Trinajstić information content (AvgIpc) is 3.55. The van der Waals surface area contributed by atoms with E-state index in [4.69, 9.17) is 0 Å². The number of amides is 6. The van der Waals surface area contributed by atoms with E-state index in [1.54, 1.807) is 44.2 Å². The van der Waals surface area contributed by atoms with E-state index < -0.39 is 58.6 Å². The number of rotatable bonds is 9. The molecule has 4 N–H and O–H groups in total. The van der Waals surface area contributed by atoms with E-state index >= 15 is 0 Å². The molecule has 19 nitrogen and oxygen atoms in total. The maximum absolute atomic E-state index is 13.7. The van der Waals surface area contributed by atoms with Gasteiger partial charge in [-0.25, -0.2) is 14.6 Å². The minimum atomic E-state index is -0.930. The maximum Gasteiger partial charge on any atom is 0.264 e. The second-order valence-electron chi connectivity index (χ2n) is 13.0. The molecule has 2 saturated heterocycles. The number of carbonyl (C=O) groups excluding carboxylic acids is 6. The van der Waals surface area contributed by atoms with Gasteiger partial charge in [-0.3, -0.25) is 58.1 Å². The quantitative estimate of drug-likeness (QED) is 0.151. The number of carbonyl (C=O) groups is 6. The summed E-state index contributed by atoms with van der Waals surface area (Å²) in [6.45, 7) is 2.90. The van der Waals surface area contributed by atoms with Crippen LogP contribution in [-0.4, -0.2) is 69.5 Å². The van der Waals surface area contributed by atoms with Gasteiger partial charge < -0.3 is 10.6 Å². The van der Waals surface area contributed by atoms with Crippen LogP contribution in [0.4, 0.5) is 11.4 Å². The number of nitrogens with zero attached hydrogens (tertiary/aromatic N) is 7. The van der Waals surface area contributed by atoms with Gasteiger partial charge in [-0.15, -0.1) is 5.10 Å². The van der Waals surface area contributed by atoms with Crippen LogP contribution in [0, 0.1) is 13.8 Å². The highest BCUT2D eigenvalue weighted by molar-refractivity contribution is 6.03. The van der Waals surface area contributed by atoms with Gasteiger partial charge in [-0.1, -0.05) is 17.3 Å². The molecule has 2 unspecified atom stereocenters. The monoisotopic (exact) mass is 735 g/mol. The van der Waals surface area contributed by atoms with Crippen molar-refractivity contribution in [2.45, 2.75) is 71.0 Å². The highest BCUT2D eigenvalue weighted by Gasteiger charge is 2.32. The molecule has 276 valence electrons. The summed E-state index contributed by atoms with van der Waals surface area (Å²) in [4.78, 5) is 111. The molecule has 6 amide bonds. The van der Waals surface area contributed by atoms with Crippen LogP contribution in [0.2, 0.25) is 0 Å². The lowest BCUT2D eigenvalue weighted by atomic mass is 10.1. The van der Waals surface area contributed by atoms with Crippen molar-refractivity contribution in [3.63, 3.8) is 0 Å². The molecular weight excluding hydrogens is 702 g/mol. The highest BCUT2D eigenvalue weighted by atomic mass is 16.2. The molecule has 0 saturated carbocycles. The molecule has 5 heterocycles. The molecule has 2 aromatic carbocycles. The molecule has 0 spiro atoms. The van der Waals surface area contributed by atoms with Gasteiger partial charge in [0.15, 0.2) is 0 Å². The summed E-state index contributed by atoms with van der Waals surface area (Å²) in [5.41, 5.74) is 0.364. The van der Waals surface area contributed by atoms with Crippen molar-refractivity contribution in [3.8, 4) is 0 Å². The van der Waals surface area contributed by atoms with E-state index in [2.05, 4.69) is 41.5 Å². The molecule has 2 atom stereocenters. The third kappa shape index (κ3) is 6.85. The van der Waals surface area contributed by atoms with Crippen LogP contribution in [0.15, 0.2) is 52.2 Å². The van der Waals surface area contributed by atoms with Gasteiger partial charge in [0.05, 0.1) is 38.9 Å². The number of hydrogen-bond acceptors (Lipinski definition) is 12. The Bertz CT molecular complexity index is 2550. The van der Waals surface area contributed by atoms with Crippen LogP contribution >= 0.6 is 0 Å². The summed E-state index contributed by atoms with van der Waals surface area (Å²) >= 11 is 0. The molecule has 7 rings (SSSR count). The normalized spacial score (nSPS) is 17.4. The van der Waals surface area contributed by atoms with E-state index in [1.165, 1.54) is 26.1 Å². The number of aryl methyl sites for hydroxylation is 3. The van der Waals surface area contributed by atoms with Gasteiger partial charge in [0, 0.05) is 31.9 Å². The number of fused-ring (bicyclic) bond motifs is 2. The Morgan fingerprint density at radius 3 is 1.74 bits per heavy atom. The lowest BCUT2D eigenvalue weighted by Gasteiger charge is -2.24.